The van der Waals surface area contributed by atoms with Gasteiger partial charge in [-0.25, -0.2) is 0 Å². The van der Waals surface area contributed by atoms with E-state index in [1.54, 1.807) is 6.07 Å². The molecule has 0 N–H and O–H groups in total. The molecule has 19 heavy (non-hydrogen) atoms. The molecule has 0 saturated carbocycles. The number of aromatic nitrogens is 1. The fourth-order valence-corrected chi connectivity index (χ4v) is 3.41. The van der Waals surface area contributed by atoms with E-state index < -0.39 is 0 Å². The lowest BCUT2D eigenvalue weighted by atomic mass is 9.83. The van der Waals surface area contributed by atoms with Crippen molar-refractivity contribution in [3.63, 3.8) is 0 Å². The number of carbonyl (C=O) groups is 1. The van der Waals surface area contributed by atoms with Crippen LogP contribution in [0.15, 0.2) is 23.0 Å². The molecule has 1 aromatic rings. The first-order chi connectivity index (χ1) is 9.28. The summed E-state index contributed by atoms with van der Waals surface area (Å²) in [7, 11) is 0. The molecule has 0 radical (unpaired) electrons. The van der Waals surface area contributed by atoms with Crippen molar-refractivity contribution in [1.82, 2.24) is 9.47 Å². The predicted molar refractivity (Wildman–Crippen MR) is 70.0 cm³/mol. The van der Waals surface area contributed by atoms with Gasteiger partial charge in [0.25, 0.3) is 12.0 Å². The molecule has 0 spiro atoms. The van der Waals surface area contributed by atoms with Gasteiger partial charge in [0.15, 0.2) is 0 Å². The Bertz CT molecular complexity index is 526. The average Bonchev–Trinajstić information content (AvgIpc) is 2.40. The number of ether oxygens (including phenoxy) is 1. The summed E-state index contributed by atoms with van der Waals surface area (Å²) in [5, 5.41) is 0. The lowest BCUT2D eigenvalue weighted by Crippen LogP contribution is -2.47. The van der Waals surface area contributed by atoms with Gasteiger partial charge in [-0.1, -0.05) is 6.07 Å². The van der Waals surface area contributed by atoms with Gasteiger partial charge in [-0.15, -0.1) is 0 Å². The van der Waals surface area contributed by atoms with Gasteiger partial charge in [-0.05, 0) is 18.4 Å². The van der Waals surface area contributed by atoms with E-state index in [1.165, 1.54) is 0 Å². The minimum atomic E-state index is 0.116. The summed E-state index contributed by atoms with van der Waals surface area (Å²) in [5.74, 6) is 0.959. The van der Waals surface area contributed by atoms with Crippen molar-refractivity contribution in [2.75, 3.05) is 26.2 Å². The molecule has 5 nitrogen and oxygen atoms in total. The highest BCUT2D eigenvalue weighted by Crippen LogP contribution is 2.34. The molecule has 3 heterocycles. The summed E-state index contributed by atoms with van der Waals surface area (Å²) in [6.07, 6.45) is 1.16. The summed E-state index contributed by atoms with van der Waals surface area (Å²) in [4.78, 5) is 24.4. The van der Waals surface area contributed by atoms with E-state index >= 15 is 0 Å². The smallest absolute Gasteiger partial charge is 0.293 e. The Morgan fingerprint density at radius 1 is 1.32 bits per heavy atom. The van der Waals surface area contributed by atoms with Crippen LogP contribution in [0, 0.1) is 5.92 Å². The van der Waals surface area contributed by atoms with Crippen LogP contribution in [0.5, 0.6) is 0 Å². The Morgan fingerprint density at radius 3 is 3.05 bits per heavy atom. The van der Waals surface area contributed by atoms with Crippen LogP contribution in [0.25, 0.3) is 0 Å². The van der Waals surface area contributed by atoms with Crippen LogP contribution >= 0.6 is 0 Å². The van der Waals surface area contributed by atoms with Gasteiger partial charge >= 0.3 is 0 Å². The highest BCUT2D eigenvalue weighted by molar-refractivity contribution is 5.36. The lowest BCUT2D eigenvalue weighted by Gasteiger charge is -2.42. The third kappa shape index (κ3) is 2.42. The zero-order valence-corrected chi connectivity index (χ0v) is 10.8. The molecule has 0 aliphatic carbocycles. The summed E-state index contributed by atoms with van der Waals surface area (Å²) < 4.78 is 6.70. The van der Waals surface area contributed by atoms with Gasteiger partial charge in [0.05, 0.1) is 0 Å². The van der Waals surface area contributed by atoms with Crippen molar-refractivity contribution in [2.45, 2.75) is 18.9 Å². The van der Waals surface area contributed by atoms with E-state index in [4.69, 9.17) is 4.74 Å². The average molecular weight is 262 g/mol. The Hall–Kier alpha value is -1.62. The Morgan fingerprint density at radius 2 is 2.21 bits per heavy atom. The van der Waals surface area contributed by atoms with Crippen LogP contribution < -0.4 is 5.56 Å². The lowest BCUT2D eigenvalue weighted by molar-refractivity contribution is -0.129. The number of piperidine rings is 1. The SMILES string of the molecule is O=COCCN1C[C@H]2C[C@@H](C1)c1cccc(=O)n1C2. The first-order valence-electron chi connectivity index (χ1n) is 6.75. The van der Waals surface area contributed by atoms with E-state index in [-0.39, 0.29) is 5.56 Å². The second kappa shape index (κ2) is 5.17. The fourth-order valence-electron chi connectivity index (χ4n) is 3.41. The van der Waals surface area contributed by atoms with Gasteiger partial charge in [0.2, 0.25) is 0 Å². The van der Waals surface area contributed by atoms with Crippen LogP contribution in [0.3, 0.4) is 0 Å². The highest BCUT2D eigenvalue weighted by Gasteiger charge is 2.34. The molecule has 0 amide bonds. The maximum atomic E-state index is 11.9. The number of likely N-dealkylation sites (tertiary alicyclic amines) is 1. The summed E-state index contributed by atoms with van der Waals surface area (Å²) in [6.45, 7) is 4.48. The van der Waals surface area contributed by atoms with Crippen molar-refractivity contribution in [3.8, 4) is 0 Å². The molecule has 1 saturated heterocycles. The minimum absolute atomic E-state index is 0.116. The number of nitrogens with zero attached hydrogens (tertiary/aromatic N) is 2. The molecular weight excluding hydrogens is 244 g/mol. The molecule has 1 fully saturated rings. The molecule has 102 valence electrons. The monoisotopic (exact) mass is 262 g/mol. The largest absolute Gasteiger partial charge is 0.467 e. The number of rotatable bonds is 4. The van der Waals surface area contributed by atoms with Gasteiger partial charge in [-0.2, -0.15) is 0 Å². The first kappa shape index (κ1) is 12.4. The van der Waals surface area contributed by atoms with Crippen molar-refractivity contribution in [1.29, 1.82) is 0 Å². The maximum Gasteiger partial charge on any atom is 0.293 e. The van der Waals surface area contributed by atoms with E-state index in [0.29, 0.717) is 24.9 Å². The Balaban J connectivity index is 1.76. The van der Waals surface area contributed by atoms with Crippen molar-refractivity contribution in [3.05, 3.63) is 34.2 Å². The molecule has 5 heteroatoms. The minimum Gasteiger partial charge on any atom is -0.467 e. The first-order valence-corrected chi connectivity index (χ1v) is 6.75. The number of carbonyl (C=O) groups excluding carboxylic acids is 1. The molecule has 2 bridgehead atoms. The second-order valence-electron chi connectivity index (χ2n) is 5.42. The van der Waals surface area contributed by atoms with Crippen LogP contribution in [-0.2, 0) is 16.1 Å². The van der Waals surface area contributed by atoms with Crippen LogP contribution in [0.1, 0.15) is 18.0 Å². The van der Waals surface area contributed by atoms with E-state index in [1.807, 2.05) is 10.6 Å². The van der Waals surface area contributed by atoms with Crippen LogP contribution in [-0.4, -0.2) is 42.2 Å². The third-order valence-corrected chi connectivity index (χ3v) is 4.15. The molecule has 2 aliphatic heterocycles. The third-order valence-electron chi connectivity index (χ3n) is 4.15. The molecule has 0 aromatic carbocycles. The van der Waals surface area contributed by atoms with Crippen LogP contribution in [0.4, 0.5) is 0 Å². The van der Waals surface area contributed by atoms with Gasteiger partial charge in [0, 0.05) is 43.9 Å². The summed E-state index contributed by atoms with van der Waals surface area (Å²) in [6, 6.07) is 5.55. The quantitative estimate of drug-likeness (QED) is 0.583. The maximum absolute atomic E-state index is 11.9. The molecule has 0 unspecified atom stereocenters. The van der Waals surface area contributed by atoms with E-state index in [0.717, 1.165) is 38.3 Å². The Labute approximate surface area is 111 Å². The molecule has 2 atom stereocenters. The Kier molecular flexibility index (Phi) is 3.38. The van der Waals surface area contributed by atoms with Crippen molar-refractivity contribution < 1.29 is 9.53 Å². The van der Waals surface area contributed by atoms with Gasteiger partial charge in [-0.3, -0.25) is 14.5 Å². The summed E-state index contributed by atoms with van der Waals surface area (Å²) in [5.41, 5.74) is 1.27. The second-order valence-corrected chi connectivity index (χ2v) is 5.42. The van der Waals surface area contributed by atoms with E-state index in [9.17, 15) is 9.59 Å². The molecular formula is C14H18N2O3. The normalized spacial score (nSPS) is 25.7. The van der Waals surface area contributed by atoms with Crippen LogP contribution in [0.2, 0.25) is 0 Å². The van der Waals surface area contributed by atoms with Gasteiger partial charge in [0.1, 0.15) is 6.61 Å². The predicted octanol–water partition coefficient (Wildman–Crippen LogP) is 0.440. The summed E-state index contributed by atoms with van der Waals surface area (Å²) >= 11 is 0. The fraction of sp³-hybridized carbons (Fsp3) is 0.571. The molecule has 3 rings (SSSR count). The zero-order valence-electron chi connectivity index (χ0n) is 10.8. The van der Waals surface area contributed by atoms with Crippen molar-refractivity contribution >= 4 is 6.47 Å². The standard InChI is InChI=1S/C14H18N2O3/c17-10-19-5-4-15-7-11-6-12(9-15)13-2-1-3-14(18)16(13)8-11/h1-3,10-12H,4-9H2/t11-,12+/m1/s1. The van der Waals surface area contributed by atoms with Crippen molar-refractivity contribution in [2.24, 2.45) is 5.92 Å². The number of hydrogen-bond acceptors (Lipinski definition) is 4. The molecule has 2 aliphatic rings. The topological polar surface area (TPSA) is 51.5 Å². The number of hydrogen-bond donors (Lipinski definition) is 0. The highest BCUT2D eigenvalue weighted by atomic mass is 16.5. The number of fused-ring (bicyclic) bond motifs is 4. The van der Waals surface area contributed by atoms with Gasteiger partial charge < -0.3 is 9.30 Å². The zero-order chi connectivity index (χ0) is 13.2. The van der Waals surface area contributed by atoms with E-state index in [2.05, 4.69) is 11.0 Å². The number of pyridine rings is 1. The molecule has 1 aromatic heterocycles.